The predicted molar refractivity (Wildman–Crippen MR) is 63.3 cm³/mol. The van der Waals surface area contributed by atoms with E-state index in [1.165, 1.54) is 6.20 Å². The molecule has 5 nitrogen and oxygen atoms in total. The standard InChI is InChI=1S/C10H15ClN4O/c11-10-14-5-8(12)9(15-10)13-4-6-1-2-7(16)3-6/h5-7,16H,1-4,12H2,(H,13,14,15). The molecule has 6 heteroatoms. The molecule has 0 bridgehead atoms. The van der Waals surface area contributed by atoms with E-state index in [0.717, 1.165) is 25.8 Å². The van der Waals surface area contributed by atoms with Crippen molar-refractivity contribution < 1.29 is 5.11 Å². The molecule has 1 aromatic rings. The van der Waals surface area contributed by atoms with Gasteiger partial charge in [0, 0.05) is 6.54 Å². The summed E-state index contributed by atoms with van der Waals surface area (Å²) in [6.45, 7) is 0.759. The van der Waals surface area contributed by atoms with Crippen molar-refractivity contribution in [3.8, 4) is 0 Å². The molecule has 1 saturated carbocycles. The van der Waals surface area contributed by atoms with Crippen LogP contribution in [0.1, 0.15) is 19.3 Å². The fraction of sp³-hybridized carbons (Fsp3) is 0.600. The molecule has 2 unspecified atom stereocenters. The molecule has 0 saturated heterocycles. The molecule has 0 amide bonds. The Labute approximate surface area is 99.0 Å². The van der Waals surface area contributed by atoms with Crippen molar-refractivity contribution in [3.05, 3.63) is 11.5 Å². The Balaban J connectivity index is 1.91. The van der Waals surface area contributed by atoms with E-state index in [1.54, 1.807) is 0 Å². The average Bonchev–Trinajstić information content (AvgIpc) is 2.66. The molecule has 0 aromatic carbocycles. The third-order valence-corrected chi connectivity index (χ3v) is 3.04. The summed E-state index contributed by atoms with van der Waals surface area (Å²) in [5, 5.41) is 12.7. The summed E-state index contributed by atoms with van der Waals surface area (Å²) in [7, 11) is 0. The van der Waals surface area contributed by atoms with Gasteiger partial charge in [0.2, 0.25) is 5.28 Å². The molecule has 88 valence electrons. The fourth-order valence-electron chi connectivity index (χ4n) is 1.99. The van der Waals surface area contributed by atoms with E-state index < -0.39 is 0 Å². The van der Waals surface area contributed by atoms with Gasteiger partial charge in [-0.25, -0.2) is 4.98 Å². The van der Waals surface area contributed by atoms with Crippen LogP contribution in [-0.2, 0) is 0 Å². The van der Waals surface area contributed by atoms with Gasteiger partial charge in [0.25, 0.3) is 0 Å². The highest BCUT2D eigenvalue weighted by molar-refractivity contribution is 6.28. The highest BCUT2D eigenvalue weighted by Gasteiger charge is 2.22. The van der Waals surface area contributed by atoms with Gasteiger partial charge in [0.1, 0.15) is 0 Å². The minimum absolute atomic E-state index is 0.155. The van der Waals surface area contributed by atoms with Gasteiger partial charge in [-0.1, -0.05) is 0 Å². The number of nitrogen functional groups attached to an aromatic ring is 1. The molecule has 0 aliphatic heterocycles. The molecule has 16 heavy (non-hydrogen) atoms. The number of hydrogen-bond acceptors (Lipinski definition) is 5. The molecular formula is C10H15ClN4O. The minimum atomic E-state index is -0.155. The van der Waals surface area contributed by atoms with Crippen LogP contribution in [0.5, 0.6) is 0 Å². The molecule has 1 fully saturated rings. The maximum Gasteiger partial charge on any atom is 0.224 e. The highest BCUT2D eigenvalue weighted by atomic mass is 35.5. The largest absolute Gasteiger partial charge is 0.394 e. The monoisotopic (exact) mass is 242 g/mol. The minimum Gasteiger partial charge on any atom is -0.394 e. The normalized spacial score (nSPS) is 24.6. The van der Waals surface area contributed by atoms with E-state index in [-0.39, 0.29) is 11.4 Å². The number of halogens is 1. The van der Waals surface area contributed by atoms with E-state index >= 15 is 0 Å². The van der Waals surface area contributed by atoms with Gasteiger partial charge in [-0.2, -0.15) is 4.98 Å². The number of nitrogens with zero attached hydrogens (tertiary/aromatic N) is 2. The molecule has 0 spiro atoms. The van der Waals surface area contributed by atoms with Crippen LogP contribution in [0.2, 0.25) is 5.28 Å². The smallest absolute Gasteiger partial charge is 0.224 e. The van der Waals surface area contributed by atoms with Crippen molar-refractivity contribution in [2.75, 3.05) is 17.6 Å². The number of aliphatic hydroxyl groups is 1. The first kappa shape index (κ1) is 11.4. The van der Waals surface area contributed by atoms with Gasteiger partial charge in [-0.05, 0) is 36.8 Å². The van der Waals surface area contributed by atoms with Crippen LogP contribution >= 0.6 is 11.6 Å². The van der Waals surface area contributed by atoms with Crippen molar-refractivity contribution in [2.24, 2.45) is 5.92 Å². The van der Waals surface area contributed by atoms with Crippen molar-refractivity contribution >= 4 is 23.1 Å². The van der Waals surface area contributed by atoms with E-state index in [2.05, 4.69) is 15.3 Å². The average molecular weight is 243 g/mol. The molecule has 1 aliphatic carbocycles. The van der Waals surface area contributed by atoms with Gasteiger partial charge < -0.3 is 16.2 Å². The maximum absolute atomic E-state index is 9.40. The Morgan fingerprint density at radius 3 is 3.06 bits per heavy atom. The molecule has 2 rings (SSSR count). The Hall–Kier alpha value is -1.07. The molecule has 2 atom stereocenters. The van der Waals surface area contributed by atoms with Crippen molar-refractivity contribution in [1.82, 2.24) is 9.97 Å². The summed E-state index contributed by atoms with van der Waals surface area (Å²) in [6.07, 6.45) is 4.09. The van der Waals surface area contributed by atoms with Crippen LogP contribution in [-0.4, -0.2) is 27.7 Å². The van der Waals surface area contributed by atoms with Crippen LogP contribution in [0, 0.1) is 5.92 Å². The number of anilines is 2. The summed E-state index contributed by atoms with van der Waals surface area (Å²) >= 11 is 5.68. The number of aromatic nitrogens is 2. The topological polar surface area (TPSA) is 84.1 Å². The second-order valence-electron chi connectivity index (χ2n) is 4.16. The first-order valence-corrected chi connectivity index (χ1v) is 5.73. The molecular weight excluding hydrogens is 228 g/mol. The molecule has 4 N–H and O–H groups in total. The second kappa shape index (κ2) is 4.84. The Kier molecular flexibility index (Phi) is 3.46. The summed E-state index contributed by atoms with van der Waals surface area (Å²) in [5.41, 5.74) is 6.19. The van der Waals surface area contributed by atoms with Gasteiger partial charge in [-0.3, -0.25) is 0 Å². The second-order valence-corrected chi connectivity index (χ2v) is 4.49. The number of nitrogens with two attached hydrogens (primary N) is 1. The zero-order valence-electron chi connectivity index (χ0n) is 8.86. The number of aliphatic hydroxyl groups excluding tert-OH is 1. The lowest BCUT2D eigenvalue weighted by Crippen LogP contribution is -2.14. The first-order chi connectivity index (χ1) is 7.65. The zero-order chi connectivity index (χ0) is 11.5. The summed E-state index contributed by atoms with van der Waals surface area (Å²) < 4.78 is 0. The van der Waals surface area contributed by atoms with Gasteiger partial charge in [-0.15, -0.1) is 0 Å². The van der Waals surface area contributed by atoms with Crippen LogP contribution in [0.15, 0.2) is 6.20 Å². The van der Waals surface area contributed by atoms with Crippen LogP contribution < -0.4 is 11.1 Å². The third kappa shape index (κ3) is 2.74. The molecule has 1 aromatic heterocycles. The van der Waals surface area contributed by atoms with Crippen molar-refractivity contribution in [3.63, 3.8) is 0 Å². The zero-order valence-corrected chi connectivity index (χ0v) is 9.61. The maximum atomic E-state index is 9.40. The number of rotatable bonds is 3. The molecule has 1 heterocycles. The van der Waals surface area contributed by atoms with Crippen LogP contribution in [0.25, 0.3) is 0 Å². The van der Waals surface area contributed by atoms with Crippen LogP contribution in [0.3, 0.4) is 0 Å². The Morgan fingerprint density at radius 2 is 2.38 bits per heavy atom. The van der Waals surface area contributed by atoms with E-state index in [9.17, 15) is 5.11 Å². The summed E-state index contributed by atoms with van der Waals surface area (Å²) in [5.74, 6) is 1.05. The lowest BCUT2D eigenvalue weighted by Gasteiger charge is -2.12. The number of nitrogens with one attached hydrogen (secondary N) is 1. The van der Waals surface area contributed by atoms with Gasteiger partial charge in [0.15, 0.2) is 5.82 Å². The Morgan fingerprint density at radius 1 is 1.56 bits per heavy atom. The SMILES string of the molecule is Nc1cnc(Cl)nc1NCC1CCC(O)C1. The van der Waals surface area contributed by atoms with Crippen LogP contribution in [0.4, 0.5) is 11.5 Å². The highest BCUT2D eigenvalue weighted by Crippen LogP contribution is 2.26. The van der Waals surface area contributed by atoms with E-state index in [1.807, 2.05) is 0 Å². The lowest BCUT2D eigenvalue weighted by atomic mass is 10.1. The third-order valence-electron chi connectivity index (χ3n) is 2.86. The fourth-order valence-corrected chi connectivity index (χ4v) is 2.12. The number of hydrogen-bond donors (Lipinski definition) is 3. The van der Waals surface area contributed by atoms with Crippen molar-refractivity contribution in [1.29, 1.82) is 0 Å². The van der Waals surface area contributed by atoms with E-state index in [0.29, 0.717) is 17.4 Å². The lowest BCUT2D eigenvalue weighted by molar-refractivity contribution is 0.178. The van der Waals surface area contributed by atoms with E-state index in [4.69, 9.17) is 17.3 Å². The summed E-state index contributed by atoms with van der Waals surface area (Å²) in [4.78, 5) is 7.79. The Bertz CT molecular complexity index is 374. The predicted octanol–water partition coefficient (Wildman–Crippen LogP) is 1.29. The van der Waals surface area contributed by atoms with Crippen molar-refractivity contribution in [2.45, 2.75) is 25.4 Å². The van der Waals surface area contributed by atoms with Gasteiger partial charge >= 0.3 is 0 Å². The molecule has 0 radical (unpaired) electrons. The first-order valence-electron chi connectivity index (χ1n) is 5.35. The quantitative estimate of drug-likeness (QED) is 0.696. The van der Waals surface area contributed by atoms with Gasteiger partial charge in [0.05, 0.1) is 18.0 Å². The molecule has 1 aliphatic rings. The summed E-state index contributed by atoms with van der Waals surface area (Å²) in [6, 6.07) is 0.